The van der Waals surface area contributed by atoms with E-state index in [1.807, 2.05) is 13.1 Å². The molecule has 0 heterocycles. The van der Waals surface area contributed by atoms with Crippen LogP contribution in [0.1, 0.15) is 31.2 Å². The Hall–Kier alpha value is -0.450. The summed E-state index contributed by atoms with van der Waals surface area (Å²) >= 11 is 3.34. The first-order valence-corrected chi connectivity index (χ1v) is 7.71. The molecule has 106 valence electrons. The number of nitrogens with zero attached hydrogens (tertiary/aromatic N) is 1. The van der Waals surface area contributed by atoms with Crippen LogP contribution in [0.3, 0.4) is 0 Å². The van der Waals surface area contributed by atoms with Crippen molar-refractivity contribution in [3.05, 3.63) is 34.1 Å². The predicted molar refractivity (Wildman–Crippen MR) is 80.7 cm³/mol. The zero-order chi connectivity index (χ0) is 13.8. The van der Waals surface area contributed by atoms with E-state index >= 15 is 0 Å². The topological polar surface area (TPSA) is 15.3 Å². The molecule has 1 aliphatic carbocycles. The maximum atomic E-state index is 13.5. The van der Waals surface area contributed by atoms with Gasteiger partial charge in [-0.05, 0) is 67.3 Å². The van der Waals surface area contributed by atoms with Crippen molar-refractivity contribution in [3.8, 4) is 0 Å². The van der Waals surface area contributed by atoms with Crippen LogP contribution in [0.25, 0.3) is 0 Å². The zero-order valence-electron chi connectivity index (χ0n) is 11.6. The average Bonchev–Trinajstić information content (AvgIpc) is 2.44. The van der Waals surface area contributed by atoms with E-state index in [0.717, 1.165) is 12.1 Å². The number of nitrogens with one attached hydrogen (secondary N) is 1. The van der Waals surface area contributed by atoms with Crippen LogP contribution in [0.4, 0.5) is 4.39 Å². The van der Waals surface area contributed by atoms with E-state index in [1.165, 1.54) is 31.7 Å². The normalized spacial score (nSPS) is 23.8. The molecule has 2 nitrogen and oxygen atoms in total. The van der Waals surface area contributed by atoms with Gasteiger partial charge in [-0.15, -0.1) is 0 Å². The molecule has 0 atom stereocenters. The van der Waals surface area contributed by atoms with Gasteiger partial charge in [0, 0.05) is 18.6 Å². The van der Waals surface area contributed by atoms with Crippen LogP contribution in [-0.2, 0) is 6.54 Å². The molecule has 1 aromatic carbocycles. The molecule has 1 aromatic rings. The van der Waals surface area contributed by atoms with Crippen molar-refractivity contribution < 1.29 is 4.39 Å². The van der Waals surface area contributed by atoms with Crippen LogP contribution in [-0.4, -0.2) is 31.1 Å². The lowest BCUT2D eigenvalue weighted by atomic mass is 9.90. The van der Waals surface area contributed by atoms with Gasteiger partial charge >= 0.3 is 0 Å². The first kappa shape index (κ1) is 14.9. The van der Waals surface area contributed by atoms with Gasteiger partial charge < -0.3 is 5.32 Å². The average molecular weight is 329 g/mol. The number of hydrogen-bond donors (Lipinski definition) is 1. The molecule has 2 rings (SSSR count). The van der Waals surface area contributed by atoms with Gasteiger partial charge in [0.1, 0.15) is 5.82 Å². The quantitative estimate of drug-likeness (QED) is 0.909. The Morgan fingerprint density at radius 1 is 1.32 bits per heavy atom. The molecule has 0 aliphatic heterocycles. The molecule has 0 spiro atoms. The van der Waals surface area contributed by atoms with Crippen LogP contribution in [0.5, 0.6) is 0 Å². The van der Waals surface area contributed by atoms with Crippen molar-refractivity contribution in [3.63, 3.8) is 0 Å². The minimum absolute atomic E-state index is 0.176. The Morgan fingerprint density at radius 2 is 2.00 bits per heavy atom. The summed E-state index contributed by atoms with van der Waals surface area (Å²) in [5, 5.41) is 3.35. The Balaban J connectivity index is 1.94. The van der Waals surface area contributed by atoms with Crippen molar-refractivity contribution in [1.29, 1.82) is 0 Å². The molecule has 19 heavy (non-hydrogen) atoms. The third-order valence-corrected chi connectivity index (χ3v) is 5.07. The van der Waals surface area contributed by atoms with E-state index in [2.05, 4.69) is 33.2 Å². The highest BCUT2D eigenvalue weighted by atomic mass is 79.9. The van der Waals surface area contributed by atoms with Crippen molar-refractivity contribution in [1.82, 2.24) is 10.2 Å². The summed E-state index contributed by atoms with van der Waals surface area (Å²) in [5.41, 5.74) is 1.03. The van der Waals surface area contributed by atoms with Crippen molar-refractivity contribution in [2.45, 2.75) is 44.3 Å². The molecule has 1 N–H and O–H groups in total. The summed E-state index contributed by atoms with van der Waals surface area (Å²) in [6, 6.07) is 6.54. The van der Waals surface area contributed by atoms with Crippen molar-refractivity contribution >= 4 is 15.9 Å². The van der Waals surface area contributed by atoms with Gasteiger partial charge in [0.15, 0.2) is 0 Å². The van der Waals surface area contributed by atoms with Gasteiger partial charge in [-0.3, -0.25) is 4.90 Å². The standard InChI is InChI=1S/C15H22BrFN2/c1-18-12-6-8-13(9-7-12)19(2)10-11-4-3-5-14(17)15(11)16/h3-5,12-13,18H,6-10H2,1-2H3. The second-order valence-electron chi connectivity index (χ2n) is 5.42. The van der Waals surface area contributed by atoms with Crippen LogP contribution in [0.15, 0.2) is 22.7 Å². The predicted octanol–water partition coefficient (Wildman–Crippen LogP) is 3.55. The van der Waals surface area contributed by atoms with Gasteiger partial charge in [0.05, 0.1) is 4.47 Å². The lowest BCUT2D eigenvalue weighted by Crippen LogP contribution is -2.39. The summed E-state index contributed by atoms with van der Waals surface area (Å²) in [4.78, 5) is 2.35. The van der Waals surface area contributed by atoms with E-state index in [9.17, 15) is 4.39 Å². The molecule has 4 heteroatoms. The molecule has 0 saturated heterocycles. The van der Waals surface area contributed by atoms with Crippen LogP contribution < -0.4 is 5.32 Å². The Morgan fingerprint density at radius 3 is 2.63 bits per heavy atom. The van der Waals surface area contributed by atoms with E-state index in [4.69, 9.17) is 0 Å². The highest BCUT2D eigenvalue weighted by molar-refractivity contribution is 9.10. The highest BCUT2D eigenvalue weighted by Gasteiger charge is 2.23. The number of rotatable bonds is 4. The Labute approximate surface area is 123 Å². The first-order chi connectivity index (χ1) is 9.11. The molecule has 0 aromatic heterocycles. The molecule has 0 bridgehead atoms. The SMILES string of the molecule is CNC1CCC(N(C)Cc2cccc(F)c2Br)CC1. The molecule has 0 amide bonds. The molecule has 0 unspecified atom stereocenters. The minimum Gasteiger partial charge on any atom is -0.317 e. The largest absolute Gasteiger partial charge is 0.317 e. The van der Waals surface area contributed by atoms with Gasteiger partial charge in [0.2, 0.25) is 0 Å². The fraction of sp³-hybridized carbons (Fsp3) is 0.600. The minimum atomic E-state index is -0.176. The third-order valence-electron chi connectivity index (χ3n) is 4.18. The number of halogens is 2. The van der Waals surface area contributed by atoms with Crippen LogP contribution in [0.2, 0.25) is 0 Å². The smallest absolute Gasteiger partial charge is 0.137 e. The monoisotopic (exact) mass is 328 g/mol. The van der Waals surface area contributed by atoms with Gasteiger partial charge in [-0.2, -0.15) is 0 Å². The van der Waals surface area contributed by atoms with E-state index < -0.39 is 0 Å². The van der Waals surface area contributed by atoms with Crippen molar-refractivity contribution in [2.75, 3.05) is 14.1 Å². The second-order valence-corrected chi connectivity index (χ2v) is 6.22. The summed E-state index contributed by atoms with van der Waals surface area (Å²) in [5.74, 6) is -0.176. The van der Waals surface area contributed by atoms with Gasteiger partial charge in [-0.1, -0.05) is 12.1 Å². The fourth-order valence-electron chi connectivity index (χ4n) is 2.87. The van der Waals surface area contributed by atoms with E-state index in [-0.39, 0.29) is 5.82 Å². The molecular formula is C15H22BrFN2. The zero-order valence-corrected chi connectivity index (χ0v) is 13.2. The summed E-state index contributed by atoms with van der Waals surface area (Å²) < 4.78 is 14.1. The van der Waals surface area contributed by atoms with Crippen LogP contribution in [0, 0.1) is 5.82 Å². The summed E-state index contributed by atoms with van der Waals surface area (Å²) in [6.45, 7) is 0.799. The lowest BCUT2D eigenvalue weighted by molar-refractivity contribution is 0.169. The fourth-order valence-corrected chi connectivity index (χ4v) is 3.26. The molecule has 1 fully saturated rings. The summed E-state index contributed by atoms with van der Waals surface area (Å²) in [7, 11) is 4.18. The Bertz CT molecular complexity index is 417. The second kappa shape index (κ2) is 6.82. The van der Waals surface area contributed by atoms with Crippen LogP contribution >= 0.6 is 15.9 Å². The number of hydrogen-bond acceptors (Lipinski definition) is 2. The Kier molecular flexibility index (Phi) is 5.37. The van der Waals surface area contributed by atoms with Gasteiger partial charge in [0.25, 0.3) is 0 Å². The molecular weight excluding hydrogens is 307 g/mol. The maximum absolute atomic E-state index is 13.5. The molecule has 1 saturated carbocycles. The van der Waals surface area contributed by atoms with Gasteiger partial charge in [-0.25, -0.2) is 4.39 Å². The maximum Gasteiger partial charge on any atom is 0.137 e. The lowest BCUT2D eigenvalue weighted by Gasteiger charge is -2.34. The molecule has 1 aliphatic rings. The van der Waals surface area contributed by atoms with E-state index in [0.29, 0.717) is 16.6 Å². The third kappa shape index (κ3) is 3.77. The highest BCUT2D eigenvalue weighted by Crippen LogP contribution is 2.26. The molecule has 0 radical (unpaired) electrons. The number of benzene rings is 1. The van der Waals surface area contributed by atoms with E-state index in [1.54, 1.807) is 6.07 Å². The first-order valence-electron chi connectivity index (χ1n) is 6.92. The van der Waals surface area contributed by atoms with Crippen molar-refractivity contribution in [2.24, 2.45) is 0 Å². The summed E-state index contributed by atoms with van der Waals surface area (Å²) in [6.07, 6.45) is 4.90.